The Morgan fingerprint density at radius 2 is 2.18 bits per heavy atom. The van der Waals surface area contributed by atoms with E-state index >= 15 is 0 Å². The van der Waals surface area contributed by atoms with Crippen molar-refractivity contribution in [2.75, 3.05) is 5.73 Å². The average molecular weight is 235 g/mol. The summed E-state index contributed by atoms with van der Waals surface area (Å²) in [5.41, 5.74) is 10.7. The number of nitrogens with zero attached hydrogens (tertiary/aromatic N) is 1. The first kappa shape index (κ1) is 11.6. The SMILES string of the molecule is Cc1ccc(F)cc1C(NN)c1cn[nH]c1N. The average Bonchev–Trinajstić information content (AvgIpc) is 2.71. The van der Waals surface area contributed by atoms with Gasteiger partial charge in [-0.2, -0.15) is 5.10 Å². The van der Waals surface area contributed by atoms with Crippen LogP contribution in [0.3, 0.4) is 0 Å². The van der Waals surface area contributed by atoms with Gasteiger partial charge < -0.3 is 5.73 Å². The molecule has 2 rings (SSSR count). The molecule has 0 aliphatic rings. The van der Waals surface area contributed by atoms with E-state index in [9.17, 15) is 4.39 Å². The largest absolute Gasteiger partial charge is 0.384 e. The van der Waals surface area contributed by atoms with Crippen LogP contribution in [0.15, 0.2) is 24.4 Å². The van der Waals surface area contributed by atoms with Gasteiger partial charge in [0.25, 0.3) is 0 Å². The molecule has 17 heavy (non-hydrogen) atoms. The molecular formula is C11H14FN5. The molecule has 2 aromatic rings. The predicted octanol–water partition coefficient (Wildman–Crippen LogP) is 0.992. The highest BCUT2D eigenvalue weighted by Gasteiger charge is 2.19. The van der Waals surface area contributed by atoms with Crippen molar-refractivity contribution in [3.8, 4) is 0 Å². The Bertz CT molecular complexity index is 522. The van der Waals surface area contributed by atoms with Crippen LogP contribution in [0, 0.1) is 12.7 Å². The number of aromatic amines is 1. The van der Waals surface area contributed by atoms with Gasteiger partial charge in [-0.05, 0) is 30.2 Å². The Morgan fingerprint density at radius 1 is 1.41 bits per heavy atom. The van der Waals surface area contributed by atoms with Crippen molar-refractivity contribution >= 4 is 5.82 Å². The summed E-state index contributed by atoms with van der Waals surface area (Å²) in [5.74, 6) is 5.62. The van der Waals surface area contributed by atoms with Crippen molar-refractivity contribution in [1.82, 2.24) is 15.6 Å². The number of rotatable bonds is 3. The summed E-state index contributed by atoms with van der Waals surface area (Å²) in [7, 11) is 0. The Balaban J connectivity index is 2.49. The summed E-state index contributed by atoms with van der Waals surface area (Å²) < 4.78 is 13.3. The summed E-state index contributed by atoms with van der Waals surface area (Å²) >= 11 is 0. The molecule has 0 bridgehead atoms. The van der Waals surface area contributed by atoms with Gasteiger partial charge in [0.15, 0.2) is 0 Å². The molecule has 1 heterocycles. The van der Waals surface area contributed by atoms with Crippen LogP contribution in [-0.2, 0) is 0 Å². The number of halogens is 1. The van der Waals surface area contributed by atoms with Crippen LogP contribution >= 0.6 is 0 Å². The molecule has 0 saturated carbocycles. The van der Waals surface area contributed by atoms with Gasteiger partial charge in [0.2, 0.25) is 0 Å². The Labute approximate surface area is 98.0 Å². The van der Waals surface area contributed by atoms with E-state index in [1.54, 1.807) is 12.3 Å². The fraction of sp³-hybridized carbons (Fsp3) is 0.182. The van der Waals surface area contributed by atoms with E-state index in [-0.39, 0.29) is 11.9 Å². The highest BCUT2D eigenvalue weighted by atomic mass is 19.1. The van der Waals surface area contributed by atoms with Crippen molar-refractivity contribution in [2.24, 2.45) is 5.84 Å². The summed E-state index contributed by atoms with van der Waals surface area (Å²) in [6, 6.07) is 4.16. The van der Waals surface area contributed by atoms with E-state index in [0.717, 1.165) is 11.1 Å². The predicted molar refractivity (Wildman–Crippen MR) is 63.3 cm³/mol. The Morgan fingerprint density at radius 3 is 2.76 bits per heavy atom. The number of benzene rings is 1. The van der Waals surface area contributed by atoms with Crippen LogP contribution in [0.4, 0.5) is 10.2 Å². The molecule has 6 heteroatoms. The third-order valence-electron chi connectivity index (χ3n) is 2.73. The number of nitrogens with one attached hydrogen (secondary N) is 2. The lowest BCUT2D eigenvalue weighted by atomic mass is 9.97. The summed E-state index contributed by atoms with van der Waals surface area (Å²) in [4.78, 5) is 0. The second kappa shape index (κ2) is 4.52. The zero-order chi connectivity index (χ0) is 12.4. The van der Waals surface area contributed by atoms with Gasteiger partial charge in [-0.25, -0.2) is 9.82 Å². The monoisotopic (exact) mass is 235 g/mol. The van der Waals surface area contributed by atoms with Crippen LogP contribution in [0.2, 0.25) is 0 Å². The zero-order valence-corrected chi connectivity index (χ0v) is 9.37. The minimum atomic E-state index is -0.385. The van der Waals surface area contributed by atoms with E-state index in [1.165, 1.54) is 12.1 Å². The Hall–Kier alpha value is -1.92. The van der Waals surface area contributed by atoms with Crippen molar-refractivity contribution in [1.29, 1.82) is 0 Å². The van der Waals surface area contributed by atoms with Crippen molar-refractivity contribution in [3.63, 3.8) is 0 Å². The molecule has 6 N–H and O–H groups in total. The number of hydrogen-bond acceptors (Lipinski definition) is 4. The first-order valence-corrected chi connectivity index (χ1v) is 5.14. The standard InChI is InChI=1S/C11H14FN5/c1-6-2-3-7(12)4-8(6)10(16-14)9-5-15-17-11(9)13/h2-5,10,16H,14H2,1H3,(H3,13,15,17). The van der Waals surface area contributed by atoms with Crippen LogP contribution in [0.5, 0.6) is 0 Å². The molecule has 0 fully saturated rings. The van der Waals surface area contributed by atoms with Gasteiger partial charge in [0, 0.05) is 5.56 Å². The zero-order valence-electron chi connectivity index (χ0n) is 9.37. The number of aryl methyl sites for hydroxylation is 1. The van der Waals surface area contributed by atoms with E-state index in [4.69, 9.17) is 11.6 Å². The van der Waals surface area contributed by atoms with Gasteiger partial charge in [-0.15, -0.1) is 0 Å². The summed E-state index contributed by atoms with van der Waals surface area (Å²) in [5, 5.41) is 6.45. The van der Waals surface area contributed by atoms with Gasteiger partial charge in [-0.3, -0.25) is 10.9 Å². The molecule has 0 aliphatic heterocycles. The summed E-state index contributed by atoms with van der Waals surface area (Å²) in [6.45, 7) is 1.88. The van der Waals surface area contributed by atoms with Crippen LogP contribution in [0.25, 0.3) is 0 Å². The van der Waals surface area contributed by atoms with Gasteiger partial charge >= 0.3 is 0 Å². The topological polar surface area (TPSA) is 92.7 Å². The smallest absolute Gasteiger partial charge is 0.124 e. The highest BCUT2D eigenvalue weighted by molar-refractivity contribution is 5.46. The maximum Gasteiger partial charge on any atom is 0.124 e. The first-order chi connectivity index (χ1) is 8.13. The molecule has 0 amide bonds. The van der Waals surface area contributed by atoms with Crippen LogP contribution < -0.4 is 17.0 Å². The van der Waals surface area contributed by atoms with Crippen molar-refractivity contribution in [3.05, 3.63) is 46.9 Å². The van der Waals surface area contributed by atoms with E-state index in [1.807, 2.05) is 6.92 Å². The maximum atomic E-state index is 13.3. The molecule has 1 aromatic heterocycles. The quantitative estimate of drug-likeness (QED) is 0.471. The Kier molecular flexibility index (Phi) is 3.08. The lowest BCUT2D eigenvalue weighted by molar-refractivity contribution is 0.603. The molecule has 1 atom stereocenters. The van der Waals surface area contributed by atoms with Crippen molar-refractivity contribution < 1.29 is 4.39 Å². The van der Waals surface area contributed by atoms with Crippen LogP contribution in [0.1, 0.15) is 22.7 Å². The van der Waals surface area contributed by atoms with E-state index in [2.05, 4.69) is 15.6 Å². The summed E-state index contributed by atoms with van der Waals surface area (Å²) in [6.07, 6.45) is 1.57. The molecule has 90 valence electrons. The van der Waals surface area contributed by atoms with Crippen molar-refractivity contribution in [2.45, 2.75) is 13.0 Å². The lowest BCUT2D eigenvalue weighted by Gasteiger charge is -2.18. The van der Waals surface area contributed by atoms with Gasteiger partial charge in [-0.1, -0.05) is 6.07 Å². The van der Waals surface area contributed by atoms with E-state index in [0.29, 0.717) is 11.4 Å². The number of hydrazine groups is 1. The number of nitrogens with two attached hydrogens (primary N) is 2. The maximum absolute atomic E-state index is 13.3. The second-order valence-corrected chi connectivity index (χ2v) is 3.84. The van der Waals surface area contributed by atoms with Gasteiger partial charge in [0.05, 0.1) is 12.2 Å². The fourth-order valence-electron chi connectivity index (χ4n) is 1.80. The van der Waals surface area contributed by atoms with E-state index < -0.39 is 0 Å². The minimum absolute atomic E-state index is 0.312. The van der Waals surface area contributed by atoms with Crippen LogP contribution in [-0.4, -0.2) is 10.2 Å². The highest BCUT2D eigenvalue weighted by Crippen LogP contribution is 2.27. The first-order valence-electron chi connectivity index (χ1n) is 5.14. The third-order valence-corrected chi connectivity index (χ3v) is 2.73. The number of hydrogen-bond donors (Lipinski definition) is 4. The fourth-order valence-corrected chi connectivity index (χ4v) is 1.80. The number of anilines is 1. The number of aromatic nitrogens is 2. The molecular weight excluding hydrogens is 221 g/mol. The molecule has 0 radical (unpaired) electrons. The number of H-pyrrole nitrogens is 1. The lowest BCUT2D eigenvalue weighted by Crippen LogP contribution is -2.29. The molecule has 1 unspecified atom stereocenters. The third kappa shape index (κ3) is 2.13. The number of nitrogen functional groups attached to an aromatic ring is 1. The molecule has 0 saturated heterocycles. The second-order valence-electron chi connectivity index (χ2n) is 3.84. The molecule has 1 aromatic carbocycles. The minimum Gasteiger partial charge on any atom is -0.384 e. The molecule has 0 spiro atoms. The molecule has 0 aliphatic carbocycles. The normalized spacial score (nSPS) is 12.6. The molecule has 5 nitrogen and oxygen atoms in total. The van der Waals surface area contributed by atoms with Gasteiger partial charge in [0.1, 0.15) is 11.6 Å².